The van der Waals surface area contributed by atoms with Gasteiger partial charge in [-0.25, -0.2) is 8.42 Å². The van der Waals surface area contributed by atoms with Gasteiger partial charge in [0.25, 0.3) is 0 Å². The van der Waals surface area contributed by atoms with Crippen LogP contribution >= 0.6 is 0 Å². The molecule has 1 heterocycles. The van der Waals surface area contributed by atoms with E-state index in [0.29, 0.717) is 11.3 Å². The van der Waals surface area contributed by atoms with E-state index in [-0.39, 0.29) is 11.2 Å². The molecule has 104 valence electrons. The van der Waals surface area contributed by atoms with Crippen LogP contribution in [0.5, 0.6) is 0 Å². The smallest absolute Gasteiger partial charge is 0.185 e. The van der Waals surface area contributed by atoms with Gasteiger partial charge in [-0.2, -0.15) is 0 Å². The van der Waals surface area contributed by atoms with Gasteiger partial charge in [0.05, 0.1) is 10.2 Å². The van der Waals surface area contributed by atoms with Gasteiger partial charge in [0, 0.05) is 5.92 Å². The lowest BCUT2D eigenvalue weighted by Crippen LogP contribution is -2.36. The highest BCUT2D eigenvalue weighted by Crippen LogP contribution is 2.44. The second-order valence-electron chi connectivity index (χ2n) is 5.30. The van der Waals surface area contributed by atoms with E-state index in [1.807, 2.05) is 39.0 Å². The summed E-state index contributed by atoms with van der Waals surface area (Å²) >= 11 is 0. The molecule has 0 spiro atoms. The second-order valence-corrected chi connectivity index (χ2v) is 7.40. The lowest BCUT2D eigenvalue weighted by molar-refractivity contribution is 0.576. The first-order chi connectivity index (χ1) is 8.93. The summed E-state index contributed by atoms with van der Waals surface area (Å²) in [4.78, 5) is 0.556. The largest absolute Gasteiger partial charge is 0.223 e. The summed E-state index contributed by atoms with van der Waals surface area (Å²) in [6.07, 6.45) is 9.27. The zero-order valence-corrected chi connectivity index (χ0v) is 12.9. The Labute approximate surface area is 116 Å². The Morgan fingerprint density at radius 3 is 2.68 bits per heavy atom. The lowest BCUT2D eigenvalue weighted by atomic mass is 9.84. The van der Waals surface area contributed by atoms with E-state index in [9.17, 15) is 8.42 Å². The molecule has 0 aromatic rings. The minimum absolute atomic E-state index is 0.194. The van der Waals surface area contributed by atoms with Crippen LogP contribution in [0.1, 0.15) is 40.5 Å². The monoisotopic (exact) mass is 278 g/mol. The molecular weight excluding hydrogens is 256 g/mol. The van der Waals surface area contributed by atoms with Gasteiger partial charge in [-0.3, -0.25) is 0 Å². The molecule has 1 fully saturated rings. The molecule has 2 aliphatic rings. The van der Waals surface area contributed by atoms with Gasteiger partial charge < -0.3 is 0 Å². The van der Waals surface area contributed by atoms with E-state index >= 15 is 0 Å². The van der Waals surface area contributed by atoms with Crippen LogP contribution in [0.3, 0.4) is 0 Å². The molecule has 1 aliphatic carbocycles. The van der Waals surface area contributed by atoms with E-state index in [0.717, 1.165) is 17.6 Å². The number of allylic oxidation sites excluding steroid dienone is 6. The number of rotatable bonds is 1. The molecule has 19 heavy (non-hydrogen) atoms. The fourth-order valence-electron chi connectivity index (χ4n) is 3.08. The summed E-state index contributed by atoms with van der Waals surface area (Å²) in [7, 11) is -3.22. The molecule has 2 unspecified atom stereocenters. The Hall–Kier alpha value is -1.09. The van der Waals surface area contributed by atoms with E-state index in [1.54, 1.807) is 0 Å². The van der Waals surface area contributed by atoms with Crippen LogP contribution in [0.15, 0.2) is 45.9 Å². The summed E-state index contributed by atoms with van der Waals surface area (Å²) in [5, 5.41) is -0.354. The molecular formula is C16H22O2S. The first-order valence-corrected chi connectivity index (χ1v) is 8.47. The predicted molar refractivity (Wildman–Crippen MR) is 80.5 cm³/mol. The maximum absolute atomic E-state index is 12.8. The van der Waals surface area contributed by atoms with Crippen LogP contribution in [-0.2, 0) is 9.84 Å². The third-order valence-electron chi connectivity index (χ3n) is 4.05. The van der Waals surface area contributed by atoms with Crippen molar-refractivity contribution < 1.29 is 8.42 Å². The minimum atomic E-state index is -3.22. The molecule has 0 aromatic carbocycles. The second kappa shape index (κ2) is 5.12. The van der Waals surface area contributed by atoms with Crippen LogP contribution in [0.2, 0.25) is 0 Å². The van der Waals surface area contributed by atoms with Crippen LogP contribution in [0.25, 0.3) is 0 Å². The number of sulfone groups is 1. The maximum Gasteiger partial charge on any atom is 0.185 e. The maximum atomic E-state index is 12.8. The Morgan fingerprint density at radius 2 is 2.11 bits per heavy atom. The van der Waals surface area contributed by atoms with Crippen LogP contribution in [-0.4, -0.2) is 13.7 Å². The summed E-state index contributed by atoms with van der Waals surface area (Å²) in [6.45, 7) is 8.06. The summed E-state index contributed by atoms with van der Waals surface area (Å²) in [5.74, 6) is 0.194. The zero-order valence-electron chi connectivity index (χ0n) is 12.1. The summed E-state index contributed by atoms with van der Waals surface area (Å²) in [6, 6.07) is 0. The number of hydrogen-bond donors (Lipinski definition) is 0. The topological polar surface area (TPSA) is 34.1 Å². The van der Waals surface area contributed by atoms with Crippen molar-refractivity contribution in [1.82, 2.24) is 0 Å². The van der Waals surface area contributed by atoms with Crippen molar-refractivity contribution in [1.29, 1.82) is 0 Å². The first kappa shape index (κ1) is 14.3. The van der Waals surface area contributed by atoms with Crippen molar-refractivity contribution in [2.75, 3.05) is 0 Å². The van der Waals surface area contributed by atoms with Gasteiger partial charge in [0.15, 0.2) is 9.84 Å². The van der Waals surface area contributed by atoms with Crippen molar-refractivity contribution in [3.63, 3.8) is 0 Å². The molecule has 1 saturated heterocycles. The molecule has 2 atom stereocenters. The van der Waals surface area contributed by atoms with E-state index in [4.69, 9.17) is 0 Å². The summed E-state index contributed by atoms with van der Waals surface area (Å²) < 4.78 is 25.6. The standard InChI is InChI=1S/C16H22O2S/c1-5-7-15-13(6-2)12(4)14-10-11(3)8-9-16(14)19(15,17)18/h6-8,10,12,16H,5,9H2,1-4H3/b13-6-,15-7+. The highest BCUT2D eigenvalue weighted by molar-refractivity contribution is 7.96. The predicted octanol–water partition coefficient (Wildman–Crippen LogP) is 3.94. The molecule has 3 heteroatoms. The van der Waals surface area contributed by atoms with Gasteiger partial charge in [-0.05, 0) is 37.8 Å². The lowest BCUT2D eigenvalue weighted by Gasteiger charge is -2.36. The summed E-state index contributed by atoms with van der Waals surface area (Å²) in [5.41, 5.74) is 3.19. The van der Waals surface area contributed by atoms with Gasteiger partial charge in [-0.1, -0.05) is 43.7 Å². The minimum Gasteiger partial charge on any atom is -0.223 e. The fourth-order valence-corrected chi connectivity index (χ4v) is 5.38. The number of fused-ring (bicyclic) bond motifs is 1. The van der Waals surface area contributed by atoms with E-state index < -0.39 is 9.84 Å². The molecule has 2 rings (SSSR count). The third-order valence-corrected chi connectivity index (χ3v) is 6.28. The SMILES string of the molecule is C/C=C1\C(=C/CC)S(=O)(=O)C2CC=C(C)C=C2C1C. The number of hydrogen-bond acceptors (Lipinski definition) is 2. The van der Waals surface area contributed by atoms with Crippen LogP contribution < -0.4 is 0 Å². The molecule has 0 aromatic heterocycles. The average molecular weight is 278 g/mol. The van der Waals surface area contributed by atoms with Gasteiger partial charge >= 0.3 is 0 Å². The Balaban J connectivity index is 2.64. The molecule has 1 aliphatic heterocycles. The highest BCUT2D eigenvalue weighted by atomic mass is 32.2. The first-order valence-electron chi connectivity index (χ1n) is 6.92. The van der Waals surface area contributed by atoms with Crippen LogP contribution in [0, 0.1) is 5.92 Å². The quantitative estimate of drug-likeness (QED) is 0.728. The fraction of sp³-hybridized carbons (Fsp3) is 0.500. The molecule has 0 amide bonds. The third kappa shape index (κ3) is 2.25. The van der Waals surface area contributed by atoms with Gasteiger partial charge in [-0.15, -0.1) is 0 Å². The highest BCUT2D eigenvalue weighted by Gasteiger charge is 2.42. The zero-order chi connectivity index (χ0) is 14.2. The molecule has 0 saturated carbocycles. The van der Waals surface area contributed by atoms with Gasteiger partial charge in [0.2, 0.25) is 0 Å². The van der Waals surface area contributed by atoms with E-state index in [1.165, 1.54) is 5.57 Å². The molecule has 0 radical (unpaired) electrons. The Kier molecular flexibility index (Phi) is 3.86. The van der Waals surface area contributed by atoms with Crippen molar-refractivity contribution in [3.05, 3.63) is 45.9 Å². The van der Waals surface area contributed by atoms with Crippen molar-refractivity contribution >= 4 is 9.84 Å². The van der Waals surface area contributed by atoms with Gasteiger partial charge in [0.1, 0.15) is 0 Å². The molecule has 0 N–H and O–H groups in total. The Bertz CT molecular complexity index is 601. The van der Waals surface area contributed by atoms with Crippen molar-refractivity contribution in [3.8, 4) is 0 Å². The van der Waals surface area contributed by atoms with Crippen LogP contribution in [0.4, 0.5) is 0 Å². The van der Waals surface area contributed by atoms with Crippen molar-refractivity contribution in [2.24, 2.45) is 5.92 Å². The van der Waals surface area contributed by atoms with E-state index in [2.05, 4.69) is 13.0 Å². The normalized spacial score (nSPS) is 33.9. The molecule has 0 bridgehead atoms. The molecule has 2 nitrogen and oxygen atoms in total. The average Bonchev–Trinajstić information content (AvgIpc) is 2.36. The van der Waals surface area contributed by atoms with Crippen molar-refractivity contribution in [2.45, 2.75) is 45.8 Å². The Morgan fingerprint density at radius 1 is 1.42 bits per heavy atom.